The minimum atomic E-state index is 0.554. The number of aromatic nitrogens is 2. The van der Waals surface area contributed by atoms with Gasteiger partial charge in [0, 0.05) is 17.9 Å². The predicted octanol–water partition coefficient (Wildman–Crippen LogP) is 2.04. The zero-order valence-corrected chi connectivity index (χ0v) is 11.0. The van der Waals surface area contributed by atoms with E-state index in [9.17, 15) is 0 Å². The highest BCUT2D eigenvalue weighted by atomic mass is 32.1. The van der Waals surface area contributed by atoms with Crippen molar-refractivity contribution in [1.29, 1.82) is 0 Å². The third-order valence-corrected chi connectivity index (χ3v) is 2.12. The second kappa shape index (κ2) is 5.75. The molecular formula is C11H18N4S. The number of aryl methyl sites for hydroxylation is 2. The van der Waals surface area contributed by atoms with Crippen LogP contribution in [-0.2, 0) is 0 Å². The van der Waals surface area contributed by atoms with Gasteiger partial charge in [-0.2, -0.15) is 0 Å². The number of hydrogen-bond acceptors (Lipinski definition) is 3. The van der Waals surface area contributed by atoms with Gasteiger partial charge in [-0.05, 0) is 38.0 Å². The smallest absolute Gasteiger partial charge is 0.229 e. The fourth-order valence-corrected chi connectivity index (χ4v) is 1.40. The van der Waals surface area contributed by atoms with E-state index in [-0.39, 0.29) is 0 Å². The Bertz CT molecular complexity index is 356. The lowest BCUT2D eigenvalue weighted by atomic mass is 10.2. The van der Waals surface area contributed by atoms with E-state index in [4.69, 9.17) is 12.2 Å². The number of hydrogen-bond donors (Lipinski definition) is 2. The molecule has 1 aromatic rings. The highest BCUT2D eigenvalue weighted by Gasteiger charge is 2.02. The van der Waals surface area contributed by atoms with Crippen LogP contribution in [0.25, 0.3) is 0 Å². The normalized spacial score (nSPS) is 10.3. The molecule has 1 heterocycles. The quantitative estimate of drug-likeness (QED) is 0.789. The fourth-order valence-electron chi connectivity index (χ4n) is 1.22. The van der Waals surface area contributed by atoms with Crippen molar-refractivity contribution in [3.8, 4) is 0 Å². The summed E-state index contributed by atoms with van der Waals surface area (Å²) in [7, 11) is 0. The van der Waals surface area contributed by atoms with Crippen LogP contribution < -0.4 is 10.6 Å². The first-order valence-electron chi connectivity index (χ1n) is 5.34. The summed E-state index contributed by atoms with van der Waals surface area (Å²) in [6.07, 6.45) is 0. The van der Waals surface area contributed by atoms with Gasteiger partial charge in [-0.3, -0.25) is 0 Å². The van der Waals surface area contributed by atoms with Gasteiger partial charge in [0.05, 0.1) is 0 Å². The van der Waals surface area contributed by atoms with Gasteiger partial charge in [0.1, 0.15) is 0 Å². The van der Waals surface area contributed by atoms with Crippen molar-refractivity contribution in [2.45, 2.75) is 27.7 Å². The van der Waals surface area contributed by atoms with Gasteiger partial charge in [-0.15, -0.1) is 0 Å². The van der Waals surface area contributed by atoms with Crippen molar-refractivity contribution < 1.29 is 0 Å². The summed E-state index contributed by atoms with van der Waals surface area (Å²) in [6.45, 7) is 8.97. The third-order valence-electron chi connectivity index (χ3n) is 1.88. The van der Waals surface area contributed by atoms with Crippen molar-refractivity contribution in [3.05, 3.63) is 17.5 Å². The number of nitrogens with zero attached hydrogens (tertiary/aromatic N) is 2. The van der Waals surface area contributed by atoms with E-state index in [0.29, 0.717) is 17.0 Å². The third kappa shape index (κ3) is 4.53. The molecule has 5 heteroatoms. The molecule has 0 aliphatic carbocycles. The van der Waals surface area contributed by atoms with E-state index in [0.717, 1.165) is 17.9 Å². The summed E-state index contributed by atoms with van der Waals surface area (Å²) in [4.78, 5) is 8.50. The Labute approximate surface area is 102 Å². The molecule has 1 rings (SSSR count). The van der Waals surface area contributed by atoms with Gasteiger partial charge in [-0.25, -0.2) is 9.97 Å². The maximum Gasteiger partial charge on any atom is 0.229 e. The van der Waals surface area contributed by atoms with Crippen LogP contribution >= 0.6 is 12.2 Å². The van der Waals surface area contributed by atoms with Crippen molar-refractivity contribution >= 4 is 23.3 Å². The maximum atomic E-state index is 5.14. The number of rotatable bonds is 3. The molecule has 88 valence electrons. The lowest BCUT2D eigenvalue weighted by Gasteiger charge is -2.11. The average molecular weight is 238 g/mol. The van der Waals surface area contributed by atoms with Crippen LogP contribution in [0.15, 0.2) is 6.07 Å². The molecule has 0 aliphatic heterocycles. The summed E-state index contributed by atoms with van der Waals surface area (Å²) in [6, 6.07) is 1.93. The predicted molar refractivity (Wildman–Crippen MR) is 70.6 cm³/mol. The number of thiocarbonyl (C=S) groups is 1. The molecule has 0 saturated heterocycles. The van der Waals surface area contributed by atoms with Crippen LogP contribution in [0.5, 0.6) is 0 Å². The van der Waals surface area contributed by atoms with Gasteiger partial charge in [0.25, 0.3) is 0 Å². The highest BCUT2D eigenvalue weighted by molar-refractivity contribution is 7.80. The Balaban J connectivity index is 2.56. The van der Waals surface area contributed by atoms with E-state index < -0.39 is 0 Å². The highest BCUT2D eigenvalue weighted by Crippen LogP contribution is 2.03. The Morgan fingerprint density at radius 1 is 1.31 bits per heavy atom. The molecule has 0 radical (unpaired) electrons. The molecule has 16 heavy (non-hydrogen) atoms. The van der Waals surface area contributed by atoms with E-state index in [1.165, 1.54) is 0 Å². The number of anilines is 1. The summed E-state index contributed by atoms with van der Waals surface area (Å²) < 4.78 is 0. The lowest BCUT2D eigenvalue weighted by molar-refractivity contribution is 0.627. The van der Waals surface area contributed by atoms with Crippen molar-refractivity contribution in [3.63, 3.8) is 0 Å². The minimum Gasteiger partial charge on any atom is -0.362 e. The molecule has 0 aliphatic rings. The van der Waals surface area contributed by atoms with Gasteiger partial charge in [0.2, 0.25) is 5.95 Å². The van der Waals surface area contributed by atoms with Crippen LogP contribution in [-0.4, -0.2) is 21.6 Å². The summed E-state index contributed by atoms with van der Waals surface area (Å²) in [5.41, 5.74) is 1.86. The Kier molecular flexibility index (Phi) is 4.61. The second-order valence-electron chi connectivity index (χ2n) is 4.20. The van der Waals surface area contributed by atoms with Crippen LogP contribution in [0.2, 0.25) is 0 Å². The molecule has 0 spiro atoms. The average Bonchev–Trinajstić information content (AvgIpc) is 2.12. The molecule has 4 nitrogen and oxygen atoms in total. The Morgan fingerprint density at radius 2 is 1.88 bits per heavy atom. The fraction of sp³-hybridized carbons (Fsp3) is 0.545. The summed E-state index contributed by atoms with van der Waals surface area (Å²) >= 11 is 5.14. The monoisotopic (exact) mass is 238 g/mol. The molecule has 0 unspecified atom stereocenters. The molecule has 0 saturated carbocycles. The van der Waals surface area contributed by atoms with E-state index in [2.05, 4.69) is 34.4 Å². The Morgan fingerprint density at radius 3 is 2.38 bits per heavy atom. The van der Waals surface area contributed by atoms with Gasteiger partial charge in [0.15, 0.2) is 5.11 Å². The molecule has 0 fully saturated rings. The van der Waals surface area contributed by atoms with Crippen molar-refractivity contribution in [1.82, 2.24) is 15.3 Å². The first kappa shape index (κ1) is 12.8. The largest absolute Gasteiger partial charge is 0.362 e. The zero-order valence-electron chi connectivity index (χ0n) is 10.2. The van der Waals surface area contributed by atoms with Crippen LogP contribution in [0.1, 0.15) is 25.2 Å². The molecule has 0 atom stereocenters. The van der Waals surface area contributed by atoms with Gasteiger partial charge >= 0.3 is 0 Å². The SMILES string of the molecule is Cc1cc(C)nc(NC(=S)NCC(C)C)n1. The molecule has 0 amide bonds. The standard InChI is InChI=1S/C11H18N4S/c1-7(2)6-12-11(16)15-10-13-8(3)5-9(4)14-10/h5,7H,6H2,1-4H3,(H2,12,13,14,15,16). The minimum absolute atomic E-state index is 0.554. The van der Waals surface area contributed by atoms with Crippen molar-refractivity contribution in [2.24, 2.45) is 5.92 Å². The van der Waals surface area contributed by atoms with E-state index >= 15 is 0 Å². The number of nitrogens with one attached hydrogen (secondary N) is 2. The summed E-state index contributed by atoms with van der Waals surface area (Å²) in [5, 5.41) is 6.66. The molecular weight excluding hydrogens is 220 g/mol. The maximum absolute atomic E-state index is 5.14. The first-order valence-corrected chi connectivity index (χ1v) is 5.75. The van der Waals surface area contributed by atoms with Crippen LogP contribution in [0.3, 0.4) is 0 Å². The first-order chi connectivity index (χ1) is 7.47. The lowest BCUT2D eigenvalue weighted by Crippen LogP contribution is -2.32. The topological polar surface area (TPSA) is 49.8 Å². The molecule has 1 aromatic heterocycles. The molecule has 0 aromatic carbocycles. The Hall–Kier alpha value is -1.23. The van der Waals surface area contributed by atoms with E-state index in [1.54, 1.807) is 0 Å². The second-order valence-corrected chi connectivity index (χ2v) is 4.61. The van der Waals surface area contributed by atoms with Crippen molar-refractivity contribution in [2.75, 3.05) is 11.9 Å². The van der Waals surface area contributed by atoms with E-state index in [1.807, 2.05) is 19.9 Å². The molecule has 2 N–H and O–H groups in total. The summed E-state index contributed by atoms with van der Waals surface area (Å²) in [5.74, 6) is 1.11. The van der Waals surface area contributed by atoms with Crippen LogP contribution in [0, 0.1) is 19.8 Å². The molecule has 0 bridgehead atoms. The zero-order chi connectivity index (χ0) is 12.1. The van der Waals surface area contributed by atoms with Gasteiger partial charge < -0.3 is 10.6 Å². The van der Waals surface area contributed by atoms with Crippen LogP contribution in [0.4, 0.5) is 5.95 Å². The van der Waals surface area contributed by atoms with Gasteiger partial charge in [-0.1, -0.05) is 13.8 Å².